The van der Waals surface area contributed by atoms with Crippen molar-refractivity contribution in [3.05, 3.63) is 61.2 Å². The monoisotopic (exact) mass is 459 g/mol. The van der Waals surface area contributed by atoms with E-state index < -0.39 is 17.9 Å². The van der Waals surface area contributed by atoms with E-state index in [0.717, 1.165) is 6.54 Å². The Bertz CT molecular complexity index is 1440. The highest BCUT2D eigenvalue weighted by Crippen LogP contribution is 2.32. The van der Waals surface area contributed by atoms with Crippen molar-refractivity contribution in [3.8, 4) is 0 Å². The number of rotatable bonds is 6. The number of hydrogen-bond acceptors (Lipinski definition) is 8. The summed E-state index contributed by atoms with van der Waals surface area (Å²) in [6, 6.07) is 16.8. The molecule has 0 aliphatic carbocycles. The minimum Gasteiger partial charge on any atom is -0.385 e. The molecule has 5 N–H and O–H groups in total. The third-order valence-electron chi connectivity index (χ3n) is 6.65. The van der Waals surface area contributed by atoms with E-state index in [1.165, 1.54) is 39.0 Å². The number of nitrogen functional groups attached to an aromatic ring is 1. The molecular formula is C24H25N7O3. The lowest BCUT2D eigenvalue weighted by molar-refractivity contribution is -0.107. The van der Waals surface area contributed by atoms with Crippen molar-refractivity contribution in [2.45, 2.75) is 24.5 Å². The molecule has 4 heterocycles. The second kappa shape index (κ2) is 8.03. The van der Waals surface area contributed by atoms with Gasteiger partial charge in [-0.15, -0.1) is 0 Å². The Balaban J connectivity index is 1.15. The fourth-order valence-electron chi connectivity index (χ4n) is 4.90. The second-order valence-corrected chi connectivity index (χ2v) is 8.61. The molecule has 0 saturated carbocycles. The summed E-state index contributed by atoms with van der Waals surface area (Å²) in [6.45, 7) is 1.71. The van der Waals surface area contributed by atoms with Crippen LogP contribution in [0.5, 0.6) is 0 Å². The predicted molar refractivity (Wildman–Crippen MR) is 128 cm³/mol. The summed E-state index contributed by atoms with van der Waals surface area (Å²) in [6.07, 6.45) is 0.928. The van der Waals surface area contributed by atoms with Crippen molar-refractivity contribution < 1.29 is 14.9 Å². The van der Waals surface area contributed by atoms with Gasteiger partial charge in [-0.25, -0.2) is 15.0 Å². The Kier molecular flexibility index (Phi) is 4.96. The van der Waals surface area contributed by atoms with Gasteiger partial charge in [0.05, 0.1) is 12.9 Å². The van der Waals surface area contributed by atoms with Crippen molar-refractivity contribution >= 4 is 38.8 Å². The standard InChI is InChI=1S/C24H25N7O3/c25-22-20-23(28-13-27-22)31(14-29-20)24(33)12-34-19(21(24)32)11-26-9-10-30-17-7-3-1-5-15(17)16-6-2-4-8-18(16)30/h1-8,13-14,19,21,26,32-33H,9-12H2,(H2,25,27,28). The van der Waals surface area contributed by atoms with E-state index in [4.69, 9.17) is 10.5 Å². The van der Waals surface area contributed by atoms with Crippen LogP contribution in [-0.2, 0) is 17.0 Å². The van der Waals surface area contributed by atoms with Crippen LogP contribution >= 0.6 is 0 Å². The van der Waals surface area contributed by atoms with Crippen molar-refractivity contribution in [3.63, 3.8) is 0 Å². The van der Waals surface area contributed by atoms with E-state index in [-0.39, 0.29) is 12.4 Å². The number of nitrogens with zero attached hydrogens (tertiary/aromatic N) is 5. The molecule has 34 heavy (non-hydrogen) atoms. The van der Waals surface area contributed by atoms with Gasteiger partial charge in [0.15, 0.2) is 17.2 Å². The highest BCUT2D eigenvalue weighted by atomic mass is 16.5. The lowest BCUT2D eigenvalue weighted by Gasteiger charge is -2.28. The predicted octanol–water partition coefficient (Wildman–Crippen LogP) is 1.21. The average molecular weight is 460 g/mol. The van der Waals surface area contributed by atoms with Gasteiger partial charge < -0.3 is 30.6 Å². The van der Waals surface area contributed by atoms with E-state index in [2.05, 4.69) is 61.2 Å². The number of nitrogens with one attached hydrogen (secondary N) is 1. The van der Waals surface area contributed by atoms with Gasteiger partial charge >= 0.3 is 0 Å². The lowest BCUT2D eigenvalue weighted by Crippen LogP contribution is -2.48. The number of aromatic nitrogens is 5. The van der Waals surface area contributed by atoms with Crippen LogP contribution in [0.3, 0.4) is 0 Å². The van der Waals surface area contributed by atoms with Crippen LogP contribution in [-0.4, -0.2) is 66.2 Å². The first-order valence-electron chi connectivity index (χ1n) is 11.2. The van der Waals surface area contributed by atoms with Gasteiger partial charge in [0, 0.05) is 41.4 Å². The van der Waals surface area contributed by atoms with Crippen LogP contribution in [0.15, 0.2) is 61.2 Å². The van der Waals surface area contributed by atoms with Gasteiger partial charge in [0.25, 0.3) is 0 Å². The topological polar surface area (TPSA) is 136 Å². The summed E-state index contributed by atoms with van der Waals surface area (Å²) in [5.74, 6) is 0.212. The zero-order valence-electron chi connectivity index (χ0n) is 18.4. The fourth-order valence-corrected chi connectivity index (χ4v) is 4.90. The third kappa shape index (κ3) is 3.15. The number of anilines is 1. The number of fused-ring (bicyclic) bond motifs is 4. The van der Waals surface area contributed by atoms with Gasteiger partial charge in [0.1, 0.15) is 24.1 Å². The Morgan fingerprint density at radius 1 is 1.06 bits per heavy atom. The second-order valence-electron chi connectivity index (χ2n) is 8.61. The average Bonchev–Trinajstić information content (AvgIpc) is 3.52. The number of hydrogen-bond donors (Lipinski definition) is 4. The zero-order valence-corrected chi connectivity index (χ0v) is 18.4. The van der Waals surface area contributed by atoms with Crippen LogP contribution in [0.4, 0.5) is 5.82 Å². The van der Waals surface area contributed by atoms with Crippen LogP contribution in [0.2, 0.25) is 0 Å². The highest BCUT2D eigenvalue weighted by molar-refractivity contribution is 6.07. The van der Waals surface area contributed by atoms with Gasteiger partial charge in [-0.05, 0) is 12.1 Å². The molecule has 0 amide bonds. The van der Waals surface area contributed by atoms with E-state index in [1.54, 1.807) is 0 Å². The lowest BCUT2D eigenvalue weighted by atomic mass is 10.1. The molecule has 1 aliphatic heterocycles. The normalized spacial score (nSPS) is 22.9. The molecule has 1 aliphatic rings. The summed E-state index contributed by atoms with van der Waals surface area (Å²) in [4.78, 5) is 12.3. The van der Waals surface area contributed by atoms with E-state index in [0.29, 0.717) is 24.3 Å². The Morgan fingerprint density at radius 2 is 1.76 bits per heavy atom. The fraction of sp³-hybridized carbons (Fsp3) is 0.292. The SMILES string of the molecule is Nc1ncnc2c1ncn2C1(O)COC(CNCCn2c3ccccc3c3ccccc32)C1O. The number of ether oxygens (including phenoxy) is 1. The molecule has 3 atom stereocenters. The molecule has 0 bridgehead atoms. The maximum Gasteiger partial charge on any atom is 0.197 e. The molecule has 1 saturated heterocycles. The van der Waals surface area contributed by atoms with Crippen LogP contribution in [0.25, 0.3) is 33.0 Å². The molecule has 2 aromatic carbocycles. The Morgan fingerprint density at radius 3 is 2.50 bits per heavy atom. The smallest absolute Gasteiger partial charge is 0.197 e. The maximum absolute atomic E-state index is 11.2. The number of benzene rings is 2. The highest BCUT2D eigenvalue weighted by Gasteiger charge is 2.50. The zero-order chi connectivity index (χ0) is 23.3. The number of nitrogens with two attached hydrogens (primary N) is 1. The number of para-hydroxylation sites is 2. The summed E-state index contributed by atoms with van der Waals surface area (Å²) < 4.78 is 9.47. The first-order chi connectivity index (χ1) is 16.6. The van der Waals surface area contributed by atoms with Gasteiger partial charge in [0.2, 0.25) is 0 Å². The molecule has 6 rings (SSSR count). The van der Waals surface area contributed by atoms with Crippen LogP contribution in [0, 0.1) is 0 Å². The summed E-state index contributed by atoms with van der Waals surface area (Å²) in [5.41, 5.74) is 7.24. The number of aliphatic hydroxyl groups excluding tert-OH is 1. The Hall–Kier alpha value is -3.57. The van der Waals surface area contributed by atoms with Crippen LogP contribution < -0.4 is 11.1 Å². The first kappa shape index (κ1) is 21.0. The van der Waals surface area contributed by atoms with Crippen molar-refractivity contribution in [2.24, 2.45) is 0 Å². The van der Waals surface area contributed by atoms with Crippen molar-refractivity contribution in [1.29, 1.82) is 0 Å². The van der Waals surface area contributed by atoms with Crippen LogP contribution in [0.1, 0.15) is 0 Å². The van der Waals surface area contributed by atoms with Gasteiger partial charge in [-0.3, -0.25) is 4.57 Å². The van der Waals surface area contributed by atoms with E-state index >= 15 is 0 Å². The molecule has 10 heteroatoms. The molecule has 0 radical (unpaired) electrons. The minimum atomic E-state index is -1.70. The molecular weight excluding hydrogens is 434 g/mol. The molecule has 1 fully saturated rings. The van der Waals surface area contributed by atoms with Crippen molar-refractivity contribution in [1.82, 2.24) is 29.4 Å². The van der Waals surface area contributed by atoms with Crippen molar-refractivity contribution in [2.75, 3.05) is 25.4 Å². The van der Waals surface area contributed by atoms with Gasteiger partial charge in [-0.2, -0.15) is 0 Å². The maximum atomic E-state index is 11.2. The molecule has 174 valence electrons. The third-order valence-corrected chi connectivity index (χ3v) is 6.65. The molecule has 3 aromatic heterocycles. The summed E-state index contributed by atoms with van der Waals surface area (Å²) in [7, 11) is 0. The summed E-state index contributed by atoms with van der Waals surface area (Å²) in [5, 5.41) is 28.0. The number of imidazole rings is 1. The minimum absolute atomic E-state index is 0.0945. The molecule has 10 nitrogen and oxygen atoms in total. The van der Waals surface area contributed by atoms with E-state index in [9.17, 15) is 10.2 Å². The van der Waals surface area contributed by atoms with E-state index in [1.807, 2.05) is 12.1 Å². The molecule has 0 spiro atoms. The Labute approximate surface area is 194 Å². The van der Waals surface area contributed by atoms with Gasteiger partial charge in [-0.1, -0.05) is 36.4 Å². The largest absolute Gasteiger partial charge is 0.385 e. The quantitative estimate of drug-likeness (QED) is 0.278. The summed E-state index contributed by atoms with van der Waals surface area (Å²) >= 11 is 0. The first-order valence-corrected chi connectivity index (χ1v) is 11.2. The molecule has 5 aromatic rings. The number of aliphatic hydroxyl groups is 2. The molecule has 3 unspecified atom stereocenters.